The minimum atomic E-state index is -0.290. The molecule has 0 bridgehead atoms. The van der Waals surface area contributed by atoms with Crippen LogP contribution in [0.1, 0.15) is 49.4 Å². The maximum Gasteiger partial charge on any atom is 0.251 e. The van der Waals surface area contributed by atoms with Crippen LogP contribution in [0.25, 0.3) is 10.8 Å². The third-order valence-corrected chi connectivity index (χ3v) is 7.33. The Kier molecular flexibility index (Phi) is 7.89. The Morgan fingerprint density at radius 2 is 1.97 bits per heavy atom. The van der Waals surface area contributed by atoms with Crippen molar-refractivity contribution >= 4 is 34.2 Å². The number of benzene rings is 2. The summed E-state index contributed by atoms with van der Waals surface area (Å²) in [5.74, 6) is 1.41. The number of fused-ring (bicyclic) bond motifs is 1. The third-order valence-electron chi connectivity index (χ3n) is 7.09. The first kappa shape index (κ1) is 24.0. The summed E-state index contributed by atoms with van der Waals surface area (Å²) in [5.41, 5.74) is 6.43. The van der Waals surface area contributed by atoms with Gasteiger partial charge in [-0.1, -0.05) is 37.1 Å². The molecule has 1 saturated heterocycles. The highest BCUT2D eigenvalue weighted by molar-refractivity contribution is 6.31. The van der Waals surface area contributed by atoms with Crippen molar-refractivity contribution in [3.8, 4) is 0 Å². The standard InChI is InChI=1S/C26H35ClN4O2/c1-2-17(18-3-4-18)16-31-12-10-23(30-24(9-11-28)26(31)33)15-29-25(32)21-6-5-20-14-22(27)8-7-19(20)13-21/h5-8,13-14,17-18,23-24,30H,2-4,9-12,15-16,28H2,1H3,(H,29,32)/t17?,23-,24-/m1/s1. The number of nitrogens with two attached hydrogens (primary N) is 1. The zero-order chi connectivity index (χ0) is 23.4. The van der Waals surface area contributed by atoms with Gasteiger partial charge in [0.15, 0.2) is 0 Å². The van der Waals surface area contributed by atoms with E-state index >= 15 is 0 Å². The Bertz CT molecular complexity index is 993. The van der Waals surface area contributed by atoms with E-state index in [1.165, 1.54) is 12.8 Å². The average Bonchev–Trinajstić information content (AvgIpc) is 3.66. The van der Waals surface area contributed by atoms with Crippen molar-refractivity contribution in [2.75, 3.05) is 26.2 Å². The van der Waals surface area contributed by atoms with E-state index in [-0.39, 0.29) is 23.9 Å². The molecule has 2 aromatic rings. The SMILES string of the molecule is CCC(CN1CC[C@H](CNC(=O)c2ccc3cc(Cl)ccc3c2)N[C@H](CCN)C1=O)C1CC1. The van der Waals surface area contributed by atoms with Crippen LogP contribution in [0, 0.1) is 11.8 Å². The number of carbonyl (C=O) groups excluding carboxylic acids is 2. The molecule has 2 amide bonds. The Balaban J connectivity index is 1.38. The lowest BCUT2D eigenvalue weighted by Gasteiger charge is -2.28. The van der Waals surface area contributed by atoms with E-state index in [1.54, 1.807) is 0 Å². The van der Waals surface area contributed by atoms with Crippen LogP contribution in [0.5, 0.6) is 0 Å². The zero-order valence-electron chi connectivity index (χ0n) is 19.4. The van der Waals surface area contributed by atoms with E-state index in [1.807, 2.05) is 41.3 Å². The largest absolute Gasteiger partial charge is 0.350 e. The lowest BCUT2D eigenvalue weighted by molar-refractivity contribution is -0.133. The van der Waals surface area contributed by atoms with Crippen LogP contribution in [0.15, 0.2) is 36.4 Å². The van der Waals surface area contributed by atoms with E-state index < -0.39 is 0 Å². The van der Waals surface area contributed by atoms with Crippen molar-refractivity contribution in [2.45, 2.75) is 51.1 Å². The van der Waals surface area contributed by atoms with Gasteiger partial charge in [0.05, 0.1) is 6.04 Å². The molecular weight excluding hydrogens is 436 g/mol. The number of rotatable bonds is 9. The van der Waals surface area contributed by atoms with Crippen molar-refractivity contribution in [1.29, 1.82) is 0 Å². The van der Waals surface area contributed by atoms with Crippen LogP contribution in [-0.4, -0.2) is 55.0 Å². The molecule has 4 rings (SSSR count). The van der Waals surface area contributed by atoms with Gasteiger partial charge in [0, 0.05) is 36.3 Å². The molecule has 2 aliphatic rings. The van der Waals surface area contributed by atoms with E-state index in [0.29, 0.717) is 42.6 Å². The smallest absolute Gasteiger partial charge is 0.251 e. The number of halogens is 1. The van der Waals surface area contributed by atoms with Gasteiger partial charge >= 0.3 is 0 Å². The first-order chi connectivity index (χ1) is 16.0. The van der Waals surface area contributed by atoms with Crippen molar-refractivity contribution in [1.82, 2.24) is 15.5 Å². The fourth-order valence-electron chi connectivity index (χ4n) is 4.94. The van der Waals surface area contributed by atoms with Crippen LogP contribution < -0.4 is 16.4 Å². The van der Waals surface area contributed by atoms with Gasteiger partial charge < -0.3 is 21.3 Å². The van der Waals surface area contributed by atoms with Gasteiger partial charge in [0.2, 0.25) is 5.91 Å². The Hall–Kier alpha value is -2.15. The topological polar surface area (TPSA) is 87.5 Å². The van der Waals surface area contributed by atoms with Gasteiger partial charge in [-0.2, -0.15) is 0 Å². The molecule has 1 aliphatic heterocycles. The summed E-state index contributed by atoms with van der Waals surface area (Å²) in [6.07, 6.45) is 5.11. The molecule has 1 heterocycles. The molecule has 1 aliphatic carbocycles. The van der Waals surface area contributed by atoms with Crippen molar-refractivity contribution in [3.05, 3.63) is 47.0 Å². The highest BCUT2D eigenvalue weighted by Gasteiger charge is 2.35. The summed E-state index contributed by atoms with van der Waals surface area (Å²) in [4.78, 5) is 28.1. The van der Waals surface area contributed by atoms with Crippen LogP contribution in [0.3, 0.4) is 0 Å². The second-order valence-electron chi connectivity index (χ2n) is 9.49. The Morgan fingerprint density at radius 3 is 2.70 bits per heavy atom. The van der Waals surface area contributed by atoms with Gasteiger partial charge in [-0.15, -0.1) is 0 Å². The second-order valence-corrected chi connectivity index (χ2v) is 9.92. The summed E-state index contributed by atoms with van der Waals surface area (Å²) < 4.78 is 0. The molecule has 2 fully saturated rings. The summed E-state index contributed by atoms with van der Waals surface area (Å²) >= 11 is 6.06. The Labute approximate surface area is 201 Å². The summed E-state index contributed by atoms with van der Waals surface area (Å²) in [7, 11) is 0. The fraction of sp³-hybridized carbons (Fsp3) is 0.538. The highest BCUT2D eigenvalue weighted by atomic mass is 35.5. The molecular formula is C26H35ClN4O2. The van der Waals surface area contributed by atoms with Crippen LogP contribution >= 0.6 is 11.6 Å². The number of carbonyl (C=O) groups is 2. The summed E-state index contributed by atoms with van der Waals surface area (Å²) in [6, 6.07) is 11.0. The molecule has 0 spiro atoms. The van der Waals surface area contributed by atoms with E-state index in [2.05, 4.69) is 17.6 Å². The van der Waals surface area contributed by atoms with Gasteiger partial charge in [0.25, 0.3) is 5.91 Å². The van der Waals surface area contributed by atoms with Gasteiger partial charge in [-0.3, -0.25) is 9.59 Å². The summed E-state index contributed by atoms with van der Waals surface area (Å²) in [5, 5.41) is 9.19. The predicted molar refractivity (Wildman–Crippen MR) is 133 cm³/mol. The van der Waals surface area contributed by atoms with Crippen LogP contribution in [0.4, 0.5) is 0 Å². The average molecular weight is 471 g/mol. The lowest BCUT2D eigenvalue weighted by Crippen LogP contribution is -2.50. The normalized spacial score (nSPS) is 22.3. The monoisotopic (exact) mass is 470 g/mol. The van der Waals surface area contributed by atoms with Gasteiger partial charge in [0.1, 0.15) is 0 Å². The van der Waals surface area contributed by atoms with Crippen molar-refractivity contribution in [2.24, 2.45) is 17.6 Å². The first-order valence-corrected chi connectivity index (χ1v) is 12.6. The van der Waals surface area contributed by atoms with E-state index in [9.17, 15) is 9.59 Å². The maximum absolute atomic E-state index is 13.2. The van der Waals surface area contributed by atoms with E-state index in [4.69, 9.17) is 17.3 Å². The van der Waals surface area contributed by atoms with Crippen molar-refractivity contribution < 1.29 is 9.59 Å². The predicted octanol–water partition coefficient (Wildman–Crippen LogP) is 3.57. The second kappa shape index (κ2) is 10.9. The van der Waals surface area contributed by atoms with Crippen LogP contribution in [-0.2, 0) is 4.79 Å². The molecule has 1 unspecified atom stereocenters. The van der Waals surface area contributed by atoms with Crippen LogP contribution in [0.2, 0.25) is 5.02 Å². The maximum atomic E-state index is 13.2. The quantitative estimate of drug-likeness (QED) is 0.522. The molecule has 0 radical (unpaired) electrons. The molecule has 6 nitrogen and oxygen atoms in total. The molecule has 3 atom stereocenters. The zero-order valence-corrected chi connectivity index (χ0v) is 20.1. The minimum Gasteiger partial charge on any atom is -0.350 e. The molecule has 1 saturated carbocycles. The lowest BCUT2D eigenvalue weighted by atomic mass is 9.99. The highest BCUT2D eigenvalue weighted by Crippen LogP contribution is 2.39. The number of amides is 2. The number of hydrogen-bond donors (Lipinski definition) is 3. The number of nitrogens with zero attached hydrogens (tertiary/aromatic N) is 1. The first-order valence-electron chi connectivity index (χ1n) is 12.2. The molecule has 33 heavy (non-hydrogen) atoms. The van der Waals surface area contributed by atoms with Crippen molar-refractivity contribution in [3.63, 3.8) is 0 Å². The third kappa shape index (κ3) is 6.05. The summed E-state index contributed by atoms with van der Waals surface area (Å²) in [6.45, 7) is 4.70. The molecule has 178 valence electrons. The molecule has 7 heteroatoms. The minimum absolute atomic E-state index is 0.0275. The molecule has 0 aromatic heterocycles. The number of hydrogen-bond acceptors (Lipinski definition) is 4. The Morgan fingerprint density at radius 1 is 1.21 bits per heavy atom. The fourth-order valence-corrected chi connectivity index (χ4v) is 5.12. The van der Waals surface area contributed by atoms with Gasteiger partial charge in [-0.05, 0) is 79.1 Å². The van der Waals surface area contributed by atoms with Gasteiger partial charge in [-0.25, -0.2) is 0 Å². The van der Waals surface area contributed by atoms with E-state index in [0.717, 1.165) is 36.1 Å². The molecule has 4 N–H and O–H groups in total. The molecule has 2 aromatic carbocycles. The number of nitrogens with one attached hydrogen (secondary N) is 2.